The van der Waals surface area contributed by atoms with E-state index in [0.717, 1.165) is 25.1 Å². The van der Waals surface area contributed by atoms with Gasteiger partial charge < -0.3 is 10.6 Å². The molecule has 2 heterocycles. The summed E-state index contributed by atoms with van der Waals surface area (Å²) in [6.07, 6.45) is 2.78. The van der Waals surface area contributed by atoms with E-state index in [1.54, 1.807) is 6.21 Å². The third-order valence-electron chi connectivity index (χ3n) is 3.06. The first-order chi connectivity index (χ1) is 9.31. The first-order valence-electron chi connectivity index (χ1n) is 6.17. The maximum atomic E-state index is 11.0. The molecule has 6 heteroatoms. The molecular formula is C13H14N4OS. The van der Waals surface area contributed by atoms with Crippen molar-refractivity contribution in [3.05, 3.63) is 34.9 Å². The largest absolute Gasteiger partial charge is 0.312 e. The van der Waals surface area contributed by atoms with Gasteiger partial charge in [-0.2, -0.15) is 5.10 Å². The minimum absolute atomic E-state index is 0.0137. The van der Waals surface area contributed by atoms with Crippen molar-refractivity contribution in [2.75, 3.05) is 12.3 Å². The Morgan fingerprint density at radius 1 is 1.32 bits per heavy atom. The van der Waals surface area contributed by atoms with Gasteiger partial charge in [-0.25, -0.2) is 0 Å². The van der Waals surface area contributed by atoms with Gasteiger partial charge in [0, 0.05) is 6.54 Å². The number of nitrogens with one attached hydrogen (secondary N) is 2. The highest BCUT2D eigenvalue weighted by atomic mass is 32.2. The first-order valence-corrected chi connectivity index (χ1v) is 7.16. The predicted octanol–water partition coefficient (Wildman–Crippen LogP) is 0.885. The molecule has 1 aromatic carbocycles. The highest BCUT2D eigenvalue weighted by molar-refractivity contribution is 8.15. The van der Waals surface area contributed by atoms with E-state index >= 15 is 0 Å². The van der Waals surface area contributed by atoms with Crippen LogP contribution in [0.2, 0.25) is 0 Å². The Morgan fingerprint density at radius 3 is 3.11 bits per heavy atom. The quantitative estimate of drug-likeness (QED) is 0.621. The molecule has 1 saturated heterocycles. The second kappa shape index (κ2) is 5.54. The van der Waals surface area contributed by atoms with Crippen LogP contribution in [0.5, 0.6) is 0 Å². The number of hydrogen-bond donors (Lipinski definition) is 2. The molecule has 0 radical (unpaired) electrons. The average Bonchev–Trinajstić information content (AvgIpc) is 2.84. The summed E-state index contributed by atoms with van der Waals surface area (Å²) in [7, 11) is 0. The van der Waals surface area contributed by atoms with Crippen LogP contribution in [-0.2, 0) is 17.8 Å². The Hall–Kier alpha value is -1.66. The van der Waals surface area contributed by atoms with Crippen molar-refractivity contribution < 1.29 is 4.79 Å². The third-order valence-corrected chi connectivity index (χ3v) is 3.92. The van der Waals surface area contributed by atoms with Crippen LogP contribution in [0.1, 0.15) is 16.7 Å². The number of rotatable bonds is 2. The van der Waals surface area contributed by atoms with E-state index in [2.05, 4.69) is 33.0 Å². The Labute approximate surface area is 115 Å². The molecular weight excluding hydrogens is 260 g/mol. The number of carbonyl (C=O) groups is 1. The minimum atomic E-state index is -0.0137. The fourth-order valence-electron chi connectivity index (χ4n) is 2.10. The van der Waals surface area contributed by atoms with Gasteiger partial charge in [0.1, 0.15) is 0 Å². The van der Waals surface area contributed by atoms with Crippen LogP contribution < -0.4 is 10.6 Å². The molecule has 1 fully saturated rings. The predicted molar refractivity (Wildman–Crippen MR) is 77.5 cm³/mol. The SMILES string of the molecule is O=C1CSC(=NN=Cc2ccc3c(c2)CCNC3)N1. The third kappa shape index (κ3) is 3.02. The number of fused-ring (bicyclic) bond motifs is 1. The van der Waals surface area contributed by atoms with Gasteiger partial charge in [-0.1, -0.05) is 23.9 Å². The van der Waals surface area contributed by atoms with Gasteiger partial charge in [0.2, 0.25) is 5.91 Å². The molecule has 19 heavy (non-hydrogen) atoms. The van der Waals surface area contributed by atoms with Crippen molar-refractivity contribution in [1.82, 2.24) is 10.6 Å². The van der Waals surface area contributed by atoms with Crippen LogP contribution in [0.3, 0.4) is 0 Å². The molecule has 0 aromatic heterocycles. The molecule has 2 N–H and O–H groups in total. The Balaban J connectivity index is 1.71. The second-order valence-corrected chi connectivity index (χ2v) is 5.41. The lowest BCUT2D eigenvalue weighted by molar-refractivity contribution is -0.116. The summed E-state index contributed by atoms with van der Waals surface area (Å²) in [6.45, 7) is 1.97. The molecule has 5 nitrogen and oxygen atoms in total. The smallest absolute Gasteiger partial charge is 0.236 e. The van der Waals surface area contributed by atoms with Crippen molar-refractivity contribution in [3.63, 3.8) is 0 Å². The highest BCUT2D eigenvalue weighted by Gasteiger charge is 2.15. The van der Waals surface area contributed by atoms with E-state index in [9.17, 15) is 4.79 Å². The Bertz CT molecular complexity index is 568. The molecule has 0 unspecified atom stereocenters. The summed E-state index contributed by atoms with van der Waals surface area (Å²) < 4.78 is 0. The molecule has 0 aliphatic carbocycles. The van der Waals surface area contributed by atoms with Crippen molar-refractivity contribution in [3.8, 4) is 0 Å². The molecule has 3 rings (SSSR count). The van der Waals surface area contributed by atoms with E-state index in [1.165, 1.54) is 22.9 Å². The van der Waals surface area contributed by atoms with Crippen LogP contribution in [0, 0.1) is 0 Å². The van der Waals surface area contributed by atoms with Crippen LogP contribution in [-0.4, -0.2) is 29.6 Å². The van der Waals surface area contributed by atoms with Gasteiger partial charge in [-0.05, 0) is 35.7 Å². The van der Waals surface area contributed by atoms with Crippen LogP contribution >= 0.6 is 11.8 Å². The van der Waals surface area contributed by atoms with E-state index in [-0.39, 0.29) is 5.91 Å². The maximum Gasteiger partial charge on any atom is 0.236 e. The van der Waals surface area contributed by atoms with Crippen molar-refractivity contribution in [1.29, 1.82) is 0 Å². The summed E-state index contributed by atoms with van der Waals surface area (Å²) in [5.74, 6) is 0.417. The number of amides is 1. The maximum absolute atomic E-state index is 11.0. The van der Waals surface area contributed by atoms with Gasteiger partial charge in [0.15, 0.2) is 5.17 Å². The van der Waals surface area contributed by atoms with Gasteiger partial charge in [-0.3, -0.25) is 4.79 Å². The fraction of sp³-hybridized carbons (Fsp3) is 0.308. The summed E-state index contributed by atoms with van der Waals surface area (Å²) in [5, 5.41) is 14.6. The molecule has 1 amide bonds. The molecule has 2 aliphatic rings. The normalized spacial score (nSPS) is 20.8. The van der Waals surface area contributed by atoms with Crippen molar-refractivity contribution >= 4 is 29.1 Å². The number of nitrogens with zero attached hydrogens (tertiary/aromatic N) is 2. The lowest BCUT2D eigenvalue weighted by Gasteiger charge is -2.16. The van der Waals surface area contributed by atoms with Gasteiger partial charge in [-0.15, -0.1) is 5.10 Å². The summed E-state index contributed by atoms with van der Waals surface area (Å²) in [6, 6.07) is 6.32. The Morgan fingerprint density at radius 2 is 2.26 bits per heavy atom. The van der Waals surface area contributed by atoms with Crippen LogP contribution in [0.25, 0.3) is 0 Å². The zero-order valence-electron chi connectivity index (χ0n) is 10.3. The van der Waals surface area contributed by atoms with Gasteiger partial charge >= 0.3 is 0 Å². The summed E-state index contributed by atoms with van der Waals surface area (Å²) in [5.41, 5.74) is 3.77. The molecule has 2 aliphatic heterocycles. The highest BCUT2D eigenvalue weighted by Crippen LogP contribution is 2.15. The minimum Gasteiger partial charge on any atom is -0.312 e. The Kier molecular flexibility index (Phi) is 3.61. The number of amidine groups is 1. The zero-order chi connectivity index (χ0) is 13.1. The molecule has 0 bridgehead atoms. The molecule has 0 spiro atoms. The van der Waals surface area contributed by atoms with Crippen LogP contribution in [0.4, 0.5) is 0 Å². The number of benzene rings is 1. The van der Waals surface area contributed by atoms with Crippen molar-refractivity contribution in [2.24, 2.45) is 10.2 Å². The number of carbonyl (C=O) groups excluding carboxylic acids is 1. The zero-order valence-corrected chi connectivity index (χ0v) is 11.2. The van der Waals surface area contributed by atoms with E-state index in [1.807, 2.05) is 6.07 Å². The molecule has 0 atom stereocenters. The van der Waals surface area contributed by atoms with E-state index in [4.69, 9.17) is 0 Å². The average molecular weight is 274 g/mol. The summed E-state index contributed by atoms with van der Waals surface area (Å²) in [4.78, 5) is 11.0. The molecule has 98 valence electrons. The monoisotopic (exact) mass is 274 g/mol. The fourth-order valence-corrected chi connectivity index (χ4v) is 2.74. The molecule has 0 saturated carbocycles. The lowest BCUT2D eigenvalue weighted by atomic mass is 9.99. The van der Waals surface area contributed by atoms with Crippen molar-refractivity contribution in [2.45, 2.75) is 13.0 Å². The van der Waals surface area contributed by atoms with Gasteiger partial charge in [0.05, 0.1) is 12.0 Å². The standard InChI is InChI=1S/C13H14N4OS/c18-12-8-19-13(16-12)17-15-6-9-1-2-11-7-14-4-3-10(11)5-9/h1-2,5-6,14H,3-4,7-8H2,(H,16,17,18). The number of thioether (sulfide) groups is 1. The number of hydrogen-bond acceptors (Lipinski definition) is 5. The second-order valence-electron chi connectivity index (χ2n) is 4.44. The van der Waals surface area contributed by atoms with Crippen LogP contribution in [0.15, 0.2) is 28.4 Å². The first kappa shape index (κ1) is 12.4. The van der Waals surface area contributed by atoms with Gasteiger partial charge in [0.25, 0.3) is 0 Å². The van der Waals surface area contributed by atoms with E-state index < -0.39 is 0 Å². The van der Waals surface area contributed by atoms with E-state index in [0.29, 0.717) is 10.9 Å². The topological polar surface area (TPSA) is 65.8 Å². The molecule has 1 aromatic rings. The summed E-state index contributed by atoms with van der Waals surface area (Å²) >= 11 is 1.38. The lowest BCUT2D eigenvalue weighted by Crippen LogP contribution is -2.23.